The highest BCUT2D eigenvalue weighted by atomic mass is 35.5. The highest BCUT2D eigenvalue weighted by molar-refractivity contribution is 6.36. The number of hydrogen-bond acceptors (Lipinski definition) is 4. The van der Waals surface area contributed by atoms with Gasteiger partial charge in [-0.25, -0.2) is 9.48 Å². The van der Waals surface area contributed by atoms with Crippen LogP contribution < -0.4 is 10.6 Å². The number of nitrogens with one attached hydrogen (secondary N) is 2. The molecule has 3 rings (SSSR count). The molecule has 0 unspecified atom stereocenters. The van der Waals surface area contributed by atoms with Crippen molar-refractivity contribution in [2.45, 2.75) is 33.1 Å². The molecule has 0 radical (unpaired) electrons. The number of carbonyl (C=O) groups excluding carboxylic acids is 2. The zero-order valence-electron chi connectivity index (χ0n) is 21.1. The Morgan fingerprint density at radius 2 is 1.75 bits per heavy atom. The lowest BCUT2D eigenvalue weighted by Gasteiger charge is -2.22. The molecule has 0 fully saturated rings. The molecule has 0 saturated heterocycles. The SMILES string of the molecule is COCCN(CC(=O)Nc1cc(C(C)(C)C)nn1-c1ccc(C)cc1)C(=O)Nc1ccc(Cl)cc1Cl. The zero-order valence-corrected chi connectivity index (χ0v) is 22.6. The molecule has 3 amide bonds. The summed E-state index contributed by atoms with van der Waals surface area (Å²) in [7, 11) is 1.53. The maximum Gasteiger partial charge on any atom is 0.322 e. The average Bonchev–Trinajstić information content (AvgIpc) is 3.23. The van der Waals surface area contributed by atoms with E-state index in [1.807, 2.05) is 37.3 Å². The molecule has 2 N–H and O–H groups in total. The molecule has 0 bridgehead atoms. The van der Waals surface area contributed by atoms with Crippen molar-refractivity contribution in [3.8, 4) is 5.69 Å². The topological polar surface area (TPSA) is 88.5 Å². The Labute approximate surface area is 221 Å². The van der Waals surface area contributed by atoms with Gasteiger partial charge in [-0.1, -0.05) is 61.7 Å². The monoisotopic (exact) mass is 531 g/mol. The second-order valence-electron chi connectivity index (χ2n) is 9.43. The lowest BCUT2D eigenvalue weighted by molar-refractivity contribution is -0.116. The zero-order chi connectivity index (χ0) is 26.5. The number of urea groups is 1. The first kappa shape index (κ1) is 27.5. The second-order valence-corrected chi connectivity index (χ2v) is 10.3. The van der Waals surface area contributed by atoms with Crippen molar-refractivity contribution in [3.63, 3.8) is 0 Å². The van der Waals surface area contributed by atoms with Gasteiger partial charge in [-0.3, -0.25) is 4.79 Å². The van der Waals surface area contributed by atoms with Gasteiger partial charge in [0.2, 0.25) is 5.91 Å². The third kappa shape index (κ3) is 7.22. The quantitative estimate of drug-likeness (QED) is 0.378. The van der Waals surface area contributed by atoms with Crippen LogP contribution in [0.25, 0.3) is 5.69 Å². The Kier molecular flexibility index (Phi) is 9.00. The second kappa shape index (κ2) is 11.8. The van der Waals surface area contributed by atoms with Crippen molar-refractivity contribution in [1.29, 1.82) is 0 Å². The molecule has 192 valence electrons. The number of nitrogens with zero attached hydrogens (tertiary/aromatic N) is 3. The summed E-state index contributed by atoms with van der Waals surface area (Å²) in [5.41, 5.74) is 2.93. The van der Waals surface area contributed by atoms with Gasteiger partial charge in [0.1, 0.15) is 12.4 Å². The van der Waals surface area contributed by atoms with Crippen LogP contribution in [0.5, 0.6) is 0 Å². The van der Waals surface area contributed by atoms with E-state index in [1.165, 1.54) is 18.1 Å². The van der Waals surface area contributed by atoms with Gasteiger partial charge in [-0.15, -0.1) is 0 Å². The highest BCUT2D eigenvalue weighted by Gasteiger charge is 2.23. The Hall–Kier alpha value is -3.07. The molecule has 0 aliphatic rings. The van der Waals surface area contributed by atoms with E-state index >= 15 is 0 Å². The fourth-order valence-corrected chi connectivity index (χ4v) is 3.77. The van der Waals surface area contributed by atoms with Crippen LogP contribution in [0.2, 0.25) is 10.0 Å². The number of amides is 3. The molecule has 0 atom stereocenters. The molecular formula is C26H31Cl2N5O3. The summed E-state index contributed by atoms with van der Waals surface area (Å²) in [6, 6.07) is 14.0. The number of hydrogen-bond donors (Lipinski definition) is 2. The maximum absolute atomic E-state index is 13.1. The van der Waals surface area contributed by atoms with E-state index in [0.717, 1.165) is 16.9 Å². The molecule has 0 spiro atoms. The van der Waals surface area contributed by atoms with E-state index in [9.17, 15) is 9.59 Å². The average molecular weight is 532 g/mol. The first-order valence-electron chi connectivity index (χ1n) is 11.5. The molecule has 3 aromatic rings. The van der Waals surface area contributed by atoms with E-state index < -0.39 is 6.03 Å². The van der Waals surface area contributed by atoms with Crippen LogP contribution in [0.4, 0.5) is 16.3 Å². The van der Waals surface area contributed by atoms with Crippen LogP contribution in [-0.2, 0) is 14.9 Å². The third-order valence-corrected chi connectivity index (χ3v) is 5.93. The minimum absolute atomic E-state index is 0.200. The molecule has 0 aliphatic heterocycles. The molecule has 1 heterocycles. The number of anilines is 2. The number of halogens is 2. The summed E-state index contributed by atoms with van der Waals surface area (Å²) in [5.74, 6) is 0.138. The van der Waals surface area contributed by atoms with Crippen LogP contribution in [0.3, 0.4) is 0 Å². The number of benzene rings is 2. The minimum Gasteiger partial charge on any atom is -0.383 e. The van der Waals surface area contributed by atoms with Crippen LogP contribution in [0, 0.1) is 6.92 Å². The van der Waals surface area contributed by atoms with Crippen LogP contribution in [0.15, 0.2) is 48.5 Å². The molecule has 10 heteroatoms. The van der Waals surface area contributed by atoms with Crippen molar-refractivity contribution < 1.29 is 14.3 Å². The fourth-order valence-electron chi connectivity index (χ4n) is 3.31. The van der Waals surface area contributed by atoms with E-state index in [1.54, 1.807) is 16.8 Å². The Balaban J connectivity index is 1.81. The summed E-state index contributed by atoms with van der Waals surface area (Å²) in [5, 5.41) is 11.1. The van der Waals surface area contributed by atoms with Gasteiger partial charge in [0.15, 0.2) is 0 Å². The molecule has 8 nitrogen and oxygen atoms in total. The summed E-state index contributed by atoms with van der Waals surface area (Å²) < 4.78 is 6.83. The summed E-state index contributed by atoms with van der Waals surface area (Å²) >= 11 is 12.1. The normalized spacial score (nSPS) is 11.3. The smallest absolute Gasteiger partial charge is 0.322 e. The fraction of sp³-hybridized carbons (Fsp3) is 0.346. The minimum atomic E-state index is -0.492. The number of aromatic nitrogens is 2. The van der Waals surface area contributed by atoms with Gasteiger partial charge >= 0.3 is 6.03 Å². The predicted molar refractivity (Wildman–Crippen MR) is 145 cm³/mol. The Morgan fingerprint density at radius 1 is 1.06 bits per heavy atom. The van der Waals surface area contributed by atoms with Gasteiger partial charge in [-0.2, -0.15) is 5.10 Å². The number of methoxy groups -OCH3 is 1. The molecule has 36 heavy (non-hydrogen) atoms. The molecular weight excluding hydrogens is 501 g/mol. The first-order chi connectivity index (χ1) is 17.0. The number of carbonyl (C=O) groups is 2. The van der Waals surface area contributed by atoms with Crippen molar-refractivity contribution in [1.82, 2.24) is 14.7 Å². The van der Waals surface area contributed by atoms with Crippen LogP contribution in [0.1, 0.15) is 32.0 Å². The van der Waals surface area contributed by atoms with E-state index in [-0.39, 0.29) is 31.0 Å². The van der Waals surface area contributed by atoms with Gasteiger partial charge in [-0.05, 0) is 37.3 Å². The van der Waals surface area contributed by atoms with Crippen molar-refractivity contribution in [2.24, 2.45) is 0 Å². The largest absolute Gasteiger partial charge is 0.383 e. The van der Waals surface area contributed by atoms with E-state index in [0.29, 0.717) is 21.6 Å². The molecule has 2 aromatic carbocycles. The number of aryl methyl sites for hydroxylation is 1. The van der Waals surface area contributed by atoms with Crippen LogP contribution >= 0.6 is 23.2 Å². The van der Waals surface area contributed by atoms with Crippen molar-refractivity contribution >= 4 is 46.6 Å². The first-order valence-corrected chi connectivity index (χ1v) is 12.2. The highest BCUT2D eigenvalue weighted by Crippen LogP contribution is 2.27. The van der Waals surface area contributed by atoms with Crippen molar-refractivity contribution in [2.75, 3.05) is 37.4 Å². The maximum atomic E-state index is 13.1. The lowest BCUT2D eigenvalue weighted by atomic mass is 9.92. The Bertz CT molecular complexity index is 1220. The van der Waals surface area contributed by atoms with E-state index in [4.69, 9.17) is 33.0 Å². The third-order valence-electron chi connectivity index (χ3n) is 5.38. The Morgan fingerprint density at radius 3 is 2.36 bits per heavy atom. The summed E-state index contributed by atoms with van der Waals surface area (Å²) in [6.07, 6.45) is 0. The lowest BCUT2D eigenvalue weighted by Crippen LogP contribution is -2.42. The standard InChI is InChI=1S/C26H31Cl2N5O3/c1-17-6-9-19(10-7-17)33-23(15-22(31-33)26(2,3)4)30-24(34)16-32(12-13-36-5)25(35)29-21-11-8-18(27)14-20(21)28/h6-11,14-15H,12-13,16H2,1-5H3,(H,29,35)(H,30,34). The molecule has 1 aromatic heterocycles. The van der Waals surface area contributed by atoms with Gasteiger partial charge in [0.25, 0.3) is 0 Å². The summed E-state index contributed by atoms with van der Waals surface area (Å²) in [6.45, 7) is 8.42. The number of rotatable bonds is 8. The van der Waals surface area contributed by atoms with E-state index in [2.05, 4.69) is 31.4 Å². The predicted octanol–water partition coefficient (Wildman–Crippen LogP) is 5.90. The van der Waals surface area contributed by atoms with Gasteiger partial charge in [0.05, 0.1) is 28.7 Å². The molecule has 0 aliphatic carbocycles. The van der Waals surface area contributed by atoms with Crippen LogP contribution in [-0.4, -0.2) is 53.4 Å². The molecule has 0 saturated carbocycles. The van der Waals surface area contributed by atoms with Gasteiger partial charge in [0, 0.05) is 30.2 Å². The van der Waals surface area contributed by atoms with Crippen molar-refractivity contribution in [3.05, 3.63) is 69.8 Å². The number of ether oxygens (including phenoxy) is 1. The van der Waals surface area contributed by atoms with Gasteiger partial charge < -0.3 is 20.3 Å². The summed E-state index contributed by atoms with van der Waals surface area (Å²) in [4.78, 5) is 27.4.